The highest BCUT2D eigenvalue weighted by atomic mass is 16.2. The van der Waals surface area contributed by atoms with Gasteiger partial charge in [0.05, 0.1) is 12.2 Å². The van der Waals surface area contributed by atoms with Gasteiger partial charge in [-0.05, 0) is 30.4 Å². The fraction of sp³-hybridized carbons (Fsp3) is 0.450. The van der Waals surface area contributed by atoms with Crippen molar-refractivity contribution in [3.8, 4) is 0 Å². The Bertz CT molecular complexity index is 823. The molecule has 26 heavy (non-hydrogen) atoms. The molecule has 1 N–H and O–H groups in total. The third-order valence-corrected chi connectivity index (χ3v) is 5.29. The minimum Gasteiger partial charge on any atom is -0.366 e. The molecule has 2 aromatic rings. The summed E-state index contributed by atoms with van der Waals surface area (Å²) in [5.74, 6) is 1.72. The first kappa shape index (κ1) is 16.8. The lowest BCUT2D eigenvalue weighted by atomic mass is 10.0. The van der Waals surface area contributed by atoms with Gasteiger partial charge in [0.2, 0.25) is 11.9 Å². The largest absolute Gasteiger partial charge is 0.366 e. The lowest BCUT2D eigenvalue weighted by molar-refractivity contribution is -0.129. The van der Waals surface area contributed by atoms with Gasteiger partial charge in [-0.2, -0.15) is 4.98 Å². The van der Waals surface area contributed by atoms with E-state index in [0.717, 1.165) is 42.9 Å². The molecule has 4 rings (SSSR count). The Morgan fingerprint density at radius 2 is 1.88 bits per heavy atom. The van der Waals surface area contributed by atoms with E-state index >= 15 is 0 Å². The molecule has 0 saturated heterocycles. The van der Waals surface area contributed by atoms with Crippen LogP contribution in [0.1, 0.15) is 29.3 Å². The van der Waals surface area contributed by atoms with E-state index in [1.807, 2.05) is 23.9 Å². The molecular formula is C20H25N5O. The molecule has 0 saturated carbocycles. The van der Waals surface area contributed by atoms with Crippen LogP contribution < -0.4 is 10.2 Å². The summed E-state index contributed by atoms with van der Waals surface area (Å²) in [6.45, 7) is 2.91. The number of fused-ring (bicyclic) bond motifs is 2. The molecule has 1 aromatic carbocycles. The van der Waals surface area contributed by atoms with Crippen LogP contribution in [0.25, 0.3) is 0 Å². The summed E-state index contributed by atoms with van der Waals surface area (Å²) < 4.78 is 0. The Balaban J connectivity index is 1.63. The van der Waals surface area contributed by atoms with Gasteiger partial charge in [-0.1, -0.05) is 24.3 Å². The van der Waals surface area contributed by atoms with Crippen molar-refractivity contribution >= 4 is 17.7 Å². The molecule has 6 nitrogen and oxygen atoms in total. The minimum absolute atomic E-state index is 0.0985. The van der Waals surface area contributed by atoms with Gasteiger partial charge in [-0.25, -0.2) is 4.98 Å². The Hall–Kier alpha value is -2.63. The molecule has 136 valence electrons. The van der Waals surface area contributed by atoms with Gasteiger partial charge in [-0.3, -0.25) is 4.79 Å². The summed E-state index contributed by atoms with van der Waals surface area (Å²) >= 11 is 0. The Morgan fingerprint density at radius 1 is 1.19 bits per heavy atom. The highest BCUT2D eigenvalue weighted by Gasteiger charge is 2.27. The summed E-state index contributed by atoms with van der Waals surface area (Å²) in [7, 11) is 3.89. The number of hydrogen-bond donors (Lipinski definition) is 1. The molecule has 0 atom stereocenters. The zero-order valence-corrected chi connectivity index (χ0v) is 15.6. The summed E-state index contributed by atoms with van der Waals surface area (Å²) in [5, 5.41) is 3.67. The second-order valence-electron chi connectivity index (χ2n) is 7.40. The van der Waals surface area contributed by atoms with E-state index in [1.54, 1.807) is 6.92 Å². The number of nitrogens with one attached hydrogen (secondary N) is 1. The van der Waals surface area contributed by atoms with Crippen molar-refractivity contribution in [2.75, 3.05) is 30.9 Å². The van der Waals surface area contributed by atoms with Gasteiger partial charge in [0.25, 0.3) is 0 Å². The molecule has 1 aliphatic heterocycles. The normalized spacial score (nSPS) is 16.2. The van der Waals surface area contributed by atoms with E-state index in [0.29, 0.717) is 18.5 Å². The minimum atomic E-state index is 0.0985. The first-order chi connectivity index (χ1) is 12.5. The summed E-state index contributed by atoms with van der Waals surface area (Å²) in [4.78, 5) is 25.0. The predicted molar refractivity (Wildman–Crippen MR) is 102 cm³/mol. The molecule has 0 bridgehead atoms. The second kappa shape index (κ2) is 6.59. The van der Waals surface area contributed by atoms with Gasteiger partial charge < -0.3 is 15.1 Å². The van der Waals surface area contributed by atoms with Crippen LogP contribution >= 0.6 is 0 Å². The van der Waals surface area contributed by atoms with Crippen molar-refractivity contribution in [3.63, 3.8) is 0 Å². The first-order valence-electron chi connectivity index (χ1n) is 9.17. The van der Waals surface area contributed by atoms with E-state index < -0.39 is 0 Å². The highest BCUT2D eigenvalue weighted by molar-refractivity contribution is 5.73. The van der Waals surface area contributed by atoms with Crippen molar-refractivity contribution in [2.45, 2.75) is 38.8 Å². The molecule has 2 aliphatic rings. The zero-order valence-electron chi connectivity index (χ0n) is 15.6. The number of nitrogens with zero attached hydrogens (tertiary/aromatic N) is 4. The van der Waals surface area contributed by atoms with Crippen LogP contribution in [0, 0.1) is 0 Å². The quantitative estimate of drug-likeness (QED) is 0.917. The molecule has 1 aliphatic carbocycles. The maximum atomic E-state index is 11.8. The van der Waals surface area contributed by atoms with Gasteiger partial charge >= 0.3 is 0 Å². The lowest BCUT2D eigenvalue weighted by Gasteiger charge is -2.30. The fourth-order valence-corrected chi connectivity index (χ4v) is 3.86. The maximum absolute atomic E-state index is 11.8. The molecule has 0 fully saturated rings. The Kier molecular flexibility index (Phi) is 4.26. The molecule has 6 heteroatoms. The van der Waals surface area contributed by atoms with Crippen LogP contribution in [0.5, 0.6) is 0 Å². The third kappa shape index (κ3) is 3.11. The van der Waals surface area contributed by atoms with E-state index in [4.69, 9.17) is 9.97 Å². The van der Waals surface area contributed by atoms with Crippen molar-refractivity contribution in [2.24, 2.45) is 0 Å². The Labute approximate surface area is 154 Å². The number of aromatic nitrogens is 2. The van der Waals surface area contributed by atoms with Crippen molar-refractivity contribution in [3.05, 3.63) is 46.6 Å². The standard InChI is InChI=1S/C20H25N5O/c1-13(26)25-9-8-17-18(12-25)22-20(24(2)3)23-19(17)21-16-10-14-6-4-5-7-15(14)11-16/h4-7,16H,8-12H2,1-3H3,(H,21,22,23). The fourth-order valence-electron chi connectivity index (χ4n) is 3.86. The van der Waals surface area contributed by atoms with Crippen LogP contribution in [0.3, 0.4) is 0 Å². The number of benzene rings is 1. The highest BCUT2D eigenvalue weighted by Crippen LogP contribution is 2.29. The van der Waals surface area contributed by atoms with Crippen molar-refractivity contribution in [1.29, 1.82) is 0 Å². The van der Waals surface area contributed by atoms with E-state index in [9.17, 15) is 4.79 Å². The number of carbonyl (C=O) groups excluding carboxylic acids is 1. The zero-order chi connectivity index (χ0) is 18.3. The molecule has 1 amide bonds. The molecule has 2 heterocycles. The molecule has 1 aromatic heterocycles. The third-order valence-electron chi connectivity index (χ3n) is 5.29. The first-order valence-corrected chi connectivity index (χ1v) is 9.17. The van der Waals surface area contributed by atoms with Crippen LogP contribution in [-0.2, 0) is 30.6 Å². The second-order valence-corrected chi connectivity index (χ2v) is 7.40. The molecule has 0 radical (unpaired) electrons. The van der Waals surface area contributed by atoms with Crippen molar-refractivity contribution in [1.82, 2.24) is 14.9 Å². The average Bonchev–Trinajstić information content (AvgIpc) is 3.03. The maximum Gasteiger partial charge on any atom is 0.227 e. The number of rotatable bonds is 3. The number of anilines is 2. The monoisotopic (exact) mass is 351 g/mol. The van der Waals surface area contributed by atoms with Crippen LogP contribution in [0.4, 0.5) is 11.8 Å². The van der Waals surface area contributed by atoms with Crippen molar-refractivity contribution < 1.29 is 4.79 Å². The smallest absolute Gasteiger partial charge is 0.227 e. The number of hydrogen-bond acceptors (Lipinski definition) is 5. The molecule has 0 unspecified atom stereocenters. The SMILES string of the molecule is CC(=O)N1CCc2c(nc(N(C)C)nc2NC2Cc3ccccc3C2)C1. The predicted octanol–water partition coefficient (Wildman–Crippen LogP) is 2.03. The van der Waals surface area contributed by atoms with Gasteiger partial charge in [0, 0.05) is 39.2 Å². The average molecular weight is 351 g/mol. The summed E-state index contributed by atoms with van der Waals surface area (Å²) in [6, 6.07) is 8.99. The summed E-state index contributed by atoms with van der Waals surface area (Å²) in [5.41, 5.74) is 4.96. The van der Waals surface area contributed by atoms with Gasteiger partial charge in [0.1, 0.15) is 5.82 Å². The number of amides is 1. The van der Waals surface area contributed by atoms with Gasteiger partial charge in [0.15, 0.2) is 0 Å². The lowest BCUT2D eigenvalue weighted by Crippen LogP contribution is -2.36. The van der Waals surface area contributed by atoms with Gasteiger partial charge in [-0.15, -0.1) is 0 Å². The number of carbonyl (C=O) groups is 1. The van der Waals surface area contributed by atoms with E-state index in [-0.39, 0.29) is 5.91 Å². The summed E-state index contributed by atoms with van der Waals surface area (Å²) in [6.07, 6.45) is 2.84. The Morgan fingerprint density at radius 3 is 2.50 bits per heavy atom. The van der Waals surface area contributed by atoms with E-state index in [2.05, 4.69) is 29.6 Å². The topological polar surface area (TPSA) is 61.4 Å². The van der Waals surface area contributed by atoms with Crippen LogP contribution in [-0.4, -0.2) is 47.5 Å². The molecular weight excluding hydrogens is 326 g/mol. The van der Waals surface area contributed by atoms with Crippen LogP contribution in [0.2, 0.25) is 0 Å². The van der Waals surface area contributed by atoms with E-state index in [1.165, 1.54) is 11.1 Å². The van der Waals surface area contributed by atoms with Crippen LogP contribution in [0.15, 0.2) is 24.3 Å². The molecule has 0 spiro atoms.